The Bertz CT molecular complexity index is 729. The zero-order chi connectivity index (χ0) is 17.4. The topological polar surface area (TPSA) is 93.5 Å². The summed E-state index contributed by atoms with van der Waals surface area (Å²) in [6.45, 7) is 2.16. The maximum Gasteiger partial charge on any atom is 0.229 e. The molecule has 0 amide bonds. The lowest BCUT2D eigenvalue weighted by molar-refractivity contribution is 0.314. The molecule has 0 aromatic heterocycles. The number of nitrogens with one attached hydrogen (secondary N) is 2. The summed E-state index contributed by atoms with van der Waals surface area (Å²) < 4.78 is 30.3. The first-order chi connectivity index (χ1) is 11.4. The summed E-state index contributed by atoms with van der Waals surface area (Å²) >= 11 is 0. The van der Waals surface area contributed by atoms with Crippen LogP contribution < -0.4 is 20.5 Å². The molecule has 0 aliphatic rings. The molecule has 0 unspecified atom stereocenters. The van der Waals surface area contributed by atoms with Crippen molar-refractivity contribution in [2.45, 2.75) is 6.42 Å². The summed E-state index contributed by atoms with van der Waals surface area (Å²) in [7, 11) is -3.23. The second kappa shape index (κ2) is 8.56. The van der Waals surface area contributed by atoms with Crippen molar-refractivity contribution in [2.24, 2.45) is 0 Å². The predicted molar refractivity (Wildman–Crippen MR) is 97.8 cm³/mol. The van der Waals surface area contributed by atoms with Crippen molar-refractivity contribution in [3.63, 3.8) is 0 Å². The average Bonchev–Trinajstić information content (AvgIpc) is 2.52. The van der Waals surface area contributed by atoms with Crippen molar-refractivity contribution < 1.29 is 13.2 Å². The van der Waals surface area contributed by atoms with Gasteiger partial charge in [-0.25, -0.2) is 8.42 Å². The molecule has 2 aromatic rings. The van der Waals surface area contributed by atoms with E-state index in [1.54, 1.807) is 12.1 Å². The largest absolute Gasteiger partial charge is 0.492 e. The molecule has 0 radical (unpaired) electrons. The lowest BCUT2D eigenvalue weighted by Crippen LogP contribution is -2.23. The van der Waals surface area contributed by atoms with E-state index in [4.69, 9.17) is 10.5 Å². The molecule has 24 heavy (non-hydrogen) atoms. The van der Waals surface area contributed by atoms with Gasteiger partial charge in [-0.2, -0.15) is 0 Å². The van der Waals surface area contributed by atoms with Crippen LogP contribution in [0.3, 0.4) is 0 Å². The van der Waals surface area contributed by atoms with Gasteiger partial charge < -0.3 is 15.8 Å². The second-order valence-corrected chi connectivity index (χ2v) is 7.24. The highest BCUT2D eigenvalue weighted by molar-refractivity contribution is 7.92. The van der Waals surface area contributed by atoms with Crippen LogP contribution in [0, 0.1) is 0 Å². The molecule has 0 aliphatic carbocycles. The molecule has 0 saturated heterocycles. The number of ether oxygens (including phenoxy) is 1. The van der Waals surface area contributed by atoms with E-state index in [-0.39, 0.29) is 0 Å². The Morgan fingerprint density at radius 3 is 2.29 bits per heavy atom. The first kappa shape index (κ1) is 18.1. The first-order valence-corrected chi connectivity index (χ1v) is 9.57. The van der Waals surface area contributed by atoms with Gasteiger partial charge in [-0.3, -0.25) is 4.72 Å². The Morgan fingerprint density at radius 2 is 1.67 bits per heavy atom. The van der Waals surface area contributed by atoms with Gasteiger partial charge in [0.05, 0.1) is 6.26 Å². The highest BCUT2D eigenvalue weighted by Gasteiger charge is 2.01. The van der Waals surface area contributed by atoms with Crippen LogP contribution in [-0.2, 0) is 16.4 Å². The third-order valence-corrected chi connectivity index (χ3v) is 3.88. The number of anilines is 2. The average molecular weight is 349 g/mol. The number of hydrogen-bond acceptors (Lipinski definition) is 5. The number of nitrogens with two attached hydrogens (primary N) is 1. The van der Waals surface area contributed by atoms with Crippen molar-refractivity contribution in [2.75, 3.05) is 36.4 Å². The quantitative estimate of drug-likeness (QED) is 0.474. The minimum absolute atomic E-state index is 0.575. The molecule has 2 rings (SSSR count). The molecule has 4 N–H and O–H groups in total. The Morgan fingerprint density at radius 1 is 1.00 bits per heavy atom. The molecule has 0 aliphatic heterocycles. The maximum absolute atomic E-state index is 11.1. The third-order valence-electron chi connectivity index (χ3n) is 3.28. The van der Waals surface area contributed by atoms with E-state index >= 15 is 0 Å². The van der Waals surface area contributed by atoms with E-state index in [1.165, 1.54) is 0 Å². The highest BCUT2D eigenvalue weighted by Crippen LogP contribution is 2.13. The molecule has 7 heteroatoms. The van der Waals surface area contributed by atoms with E-state index in [9.17, 15) is 8.42 Å². The lowest BCUT2D eigenvalue weighted by atomic mass is 10.1. The van der Waals surface area contributed by atoms with Gasteiger partial charge in [-0.15, -0.1) is 0 Å². The molecule has 0 spiro atoms. The zero-order valence-electron chi connectivity index (χ0n) is 13.7. The molecule has 0 bridgehead atoms. The zero-order valence-corrected chi connectivity index (χ0v) is 14.5. The van der Waals surface area contributed by atoms with Crippen LogP contribution in [0.4, 0.5) is 11.4 Å². The van der Waals surface area contributed by atoms with Gasteiger partial charge in [0, 0.05) is 17.9 Å². The third kappa shape index (κ3) is 6.89. The minimum Gasteiger partial charge on any atom is -0.492 e. The van der Waals surface area contributed by atoms with Gasteiger partial charge in [0.1, 0.15) is 12.4 Å². The van der Waals surface area contributed by atoms with Crippen LogP contribution in [0.25, 0.3) is 0 Å². The number of sulfonamides is 1. The Hall–Kier alpha value is -2.25. The van der Waals surface area contributed by atoms with Crippen molar-refractivity contribution in [3.05, 3.63) is 54.1 Å². The Balaban J connectivity index is 1.62. The van der Waals surface area contributed by atoms with Crippen molar-refractivity contribution in [1.82, 2.24) is 5.32 Å². The standard InChI is InChI=1S/C17H23N3O3S/c1-24(21,22)20-16-6-2-14(3-7-16)10-11-19-12-13-23-17-8-4-15(18)5-9-17/h2-9,19-20H,10-13,18H2,1H3. The predicted octanol–water partition coefficient (Wildman–Crippen LogP) is 1.85. The summed E-state index contributed by atoms with van der Waals surface area (Å²) in [5.41, 5.74) is 8.05. The van der Waals surface area contributed by atoms with E-state index in [0.29, 0.717) is 12.3 Å². The summed E-state index contributed by atoms with van der Waals surface area (Å²) in [5, 5.41) is 3.31. The molecule has 0 saturated carbocycles. The Kier molecular flexibility index (Phi) is 6.45. The van der Waals surface area contributed by atoms with Crippen LogP contribution in [0.15, 0.2) is 48.5 Å². The van der Waals surface area contributed by atoms with Gasteiger partial charge in [0.15, 0.2) is 0 Å². The highest BCUT2D eigenvalue weighted by atomic mass is 32.2. The van der Waals surface area contributed by atoms with Gasteiger partial charge in [0.25, 0.3) is 0 Å². The summed E-state index contributed by atoms with van der Waals surface area (Å²) in [6, 6.07) is 14.7. The van der Waals surface area contributed by atoms with Gasteiger partial charge in [-0.05, 0) is 54.9 Å². The van der Waals surface area contributed by atoms with Gasteiger partial charge in [0.2, 0.25) is 10.0 Å². The summed E-state index contributed by atoms with van der Waals surface area (Å²) in [4.78, 5) is 0. The van der Waals surface area contributed by atoms with Crippen molar-refractivity contribution >= 4 is 21.4 Å². The van der Waals surface area contributed by atoms with Gasteiger partial charge in [-0.1, -0.05) is 12.1 Å². The SMILES string of the molecule is CS(=O)(=O)Nc1ccc(CCNCCOc2ccc(N)cc2)cc1. The molecular weight excluding hydrogens is 326 g/mol. The fourth-order valence-corrected chi connectivity index (χ4v) is 2.68. The number of nitrogen functional groups attached to an aromatic ring is 1. The number of benzene rings is 2. The molecule has 6 nitrogen and oxygen atoms in total. The van der Waals surface area contributed by atoms with Crippen LogP contribution in [0.5, 0.6) is 5.75 Å². The van der Waals surface area contributed by atoms with Crippen molar-refractivity contribution in [1.29, 1.82) is 0 Å². The molecule has 0 heterocycles. The molecule has 0 atom stereocenters. The van der Waals surface area contributed by atoms with Crippen LogP contribution in [0.1, 0.15) is 5.56 Å². The first-order valence-electron chi connectivity index (χ1n) is 7.68. The summed E-state index contributed by atoms with van der Waals surface area (Å²) in [5.74, 6) is 0.806. The second-order valence-electron chi connectivity index (χ2n) is 5.49. The molecule has 2 aromatic carbocycles. The summed E-state index contributed by atoms with van der Waals surface area (Å²) in [6.07, 6.45) is 2.00. The molecular formula is C17H23N3O3S. The van der Waals surface area contributed by atoms with Crippen LogP contribution in [0.2, 0.25) is 0 Å². The minimum atomic E-state index is -3.23. The fourth-order valence-electron chi connectivity index (χ4n) is 2.12. The Labute approximate surface area is 143 Å². The molecule has 130 valence electrons. The van der Waals surface area contributed by atoms with E-state index in [2.05, 4.69) is 10.0 Å². The monoisotopic (exact) mass is 349 g/mol. The van der Waals surface area contributed by atoms with Crippen LogP contribution >= 0.6 is 0 Å². The molecule has 0 fully saturated rings. The maximum atomic E-state index is 11.1. The smallest absolute Gasteiger partial charge is 0.229 e. The number of hydrogen-bond donors (Lipinski definition) is 3. The van der Waals surface area contributed by atoms with E-state index in [1.807, 2.05) is 36.4 Å². The van der Waals surface area contributed by atoms with E-state index < -0.39 is 10.0 Å². The number of rotatable bonds is 9. The fraction of sp³-hybridized carbons (Fsp3) is 0.294. The van der Waals surface area contributed by atoms with Crippen molar-refractivity contribution in [3.8, 4) is 5.75 Å². The lowest BCUT2D eigenvalue weighted by Gasteiger charge is -2.08. The normalized spacial score (nSPS) is 11.2. The van der Waals surface area contributed by atoms with Crippen LogP contribution in [-0.4, -0.2) is 34.4 Å². The van der Waals surface area contributed by atoms with Gasteiger partial charge >= 0.3 is 0 Å². The van der Waals surface area contributed by atoms with E-state index in [0.717, 1.165) is 42.8 Å².